The van der Waals surface area contributed by atoms with Crippen molar-refractivity contribution in [2.45, 2.75) is 12.5 Å². The highest BCUT2D eigenvalue weighted by Gasteiger charge is 2.26. The number of amides is 1. The molecule has 0 radical (unpaired) electrons. The van der Waals surface area contributed by atoms with E-state index in [1.807, 2.05) is 24.3 Å². The minimum Gasteiger partial charge on any atom is -0.497 e. The summed E-state index contributed by atoms with van der Waals surface area (Å²) in [5, 5.41) is 4.76. The molecule has 2 aromatic carbocycles. The van der Waals surface area contributed by atoms with E-state index in [4.69, 9.17) is 19.9 Å². The van der Waals surface area contributed by atoms with Gasteiger partial charge in [0.1, 0.15) is 5.75 Å². The molecule has 4 rings (SSSR count). The van der Waals surface area contributed by atoms with Gasteiger partial charge in [-0.05, 0) is 47.9 Å². The van der Waals surface area contributed by atoms with Crippen LogP contribution in [-0.4, -0.2) is 38.3 Å². The van der Waals surface area contributed by atoms with Gasteiger partial charge in [0.05, 0.1) is 20.3 Å². The van der Waals surface area contributed by atoms with Crippen LogP contribution in [0.5, 0.6) is 17.2 Å². The molecule has 1 aliphatic heterocycles. The lowest BCUT2D eigenvalue weighted by Crippen LogP contribution is -2.30. The second-order valence-corrected chi connectivity index (χ2v) is 6.73. The number of H-pyrrole nitrogens is 1. The molecular formula is C21H23N3O4. The van der Waals surface area contributed by atoms with Gasteiger partial charge in [0.15, 0.2) is 18.1 Å². The number of aromatic amines is 1. The van der Waals surface area contributed by atoms with Crippen LogP contribution in [-0.2, 0) is 11.2 Å². The second-order valence-electron chi connectivity index (χ2n) is 6.73. The molecule has 4 N–H and O–H groups in total. The predicted octanol–water partition coefficient (Wildman–Crippen LogP) is 2.28. The number of methoxy groups -OCH3 is 2. The van der Waals surface area contributed by atoms with E-state index in [0.717, 1.165) is 35.5 Å². The van der Waals surface area contributed by atoms with Gasteiger partial charge in [0.25, 0.3) is 5.91 Å². The van der Waals surface area contributed by atoms with Crippen LogP contribution in [0, 0.1) is 0 Å². The van der Waals surface area contributed by atoms with Crippen LogP contribution in [0.25, 0.3) is 10.9 Å². The Hall–Kier alpha value is -3.19. The summed E-state index contributed by atoms with van der Waals surface area (Å²) in [6.45, 7) is 0.676. The summed E-state index contributed by atoms with van der Waals surface area (Å²) in [6.07, 6.45) is 0.940. The number of nitrogens with one attached hydrogen (secondary N) is 2. The van der Waals surface area contributed by atoms with Gasteiger partial charge in [-0.25, -0.2) is 0 Å². The van der Waals surface area contributed by atoms with Crippen LogP contribution in [0.3, 0.4) is 0 Å². The van der Waals surface area contributed by atoms with Crippen LogP contribution < -0.4 is 25.3 Å². The number of hydrogen-bond acceptors (Lipinski definition) is 5. The zero-order chi connectivity index (χ0) is 19.7. The minimum absolute atomic E-state index is 0.00114. The number of ether oxygens (including phenoxy) is 3. The van der Waals surface area contributed by atoms with E-state index in [2.05, 4.69) is 16.4 Å². The average molecular weight is 381 g/mol. The molecule has 0 saturated carbocycles. The van der Waals surface area contributed by atoms with Crippen LogP contribution >= 0.6 is 0 Å². The summed E-state index contributed by atoms with van der Waals surface area (Å²) < 4.78 is 16.3. The maximum atomic E-state index is 11.0. The number of hydrogen-bond donors (Lipinski definition) is 3. The molecule has 0 fully saturated rings. The normalized spacial score (nSPS) is 15.9. The molecule has 3 aromatic rings. The Morgan fingerprint density at radius 1 is 1.14 bits per heavy atom. The molecule has 146 valence electrons. The van der Waals surface area contributed by atoms with Crippen molar-refractivity contribution in [2.24, 2.45) is 5.73 Å². The Morgan fingerprint density at radius 3 is 2.75 bits per heavy atom. The summed E-state index contributed by atoms with van der Waals surface area (Å²) in [7, 11) is 3.25. The number of benzene rings is 2. The predicted molar refractivity (Wildman–Crippen MR) is 106 cm³/mol. The fourth-order valence-corrected chi connectivity index (χ4v) is 3.75. The number of nitrogens with two attached hydrogens (primary N) is 1. The van der Waals surface area contributed by atoms with Crippen molar-refractivity contribution in [2.75, 3.05) is 27.4 Å². The van der Waals surface area contributed by atoms with Crippen molar-refractivity contribution in [1.29, 1.82) is 0 Å². The SMILES string of the molecule is COc1ccc2[nH]c3c(c2c1)CCN[C@@H]3c1ccc(OCC(N)=O)c(OC)c1. The minimum atomic E-state index is -0.529. The lowest BCUT2D eigenvalue weighted by molar-refractivity contribution is -0.119. The van der Waals surface area contributed by atoms with Crippen LogP contribution in [0.1, 0.15) is 22.9 Å². The van der Waals surface area contributed by atoms with Crippen LogP contribution in [0.2, 0.25) is 0 Å². The summed E-state index contributed by atoms with van der Waals surface area (Å²) in [5.41, 5.74) is 9.73. The maximum Gasteiger partial charge on any atom is 0.255 e. The number of aromatic nitrogens is 1. The highest BCUT2D eigenvalue weighted by molar-refractivity contribution is 5.86. The Labute approximate surface area is 162 Å². The van der Waals surface area contributed by atoms with Crippen molar-refractivity contribution < 1.29 is 19.0 Å². The average Bonchev–Trinajstić information content (AvgIpc) is 3.09. The highest BCUT2D eigenvalue weighted by atomic mass is 16.5. The Morgan fingerprint density at radius 2 is 2.00 bits per heavy atom. The Kier molecular flexibility index (Phi) is 4.83. The van der Waals surface area contributed by atoms with E-state index >= 15 is 0 Å². The molecule has 1 atom stereocenters. The molecule has 0 saturated heterocycles. The van der Waals surface area contributed by atoms with E-state index in [9.17, 15) is 4.79 Å². The van der Waals surface area contributed by atoms with Gasteiger partial charge in [-0.2, -0.15) is 0 Å². The Bertz CT molecular complexity index is 1030. The standard InChI is InChI=1S/C21H23N3O4/c1-26-13-4-5-16-15(10-13)14-7-8-23-20(21(14)24-16)12-3-6-17(18(9-12)27-2)28-11-19(22)25/h3-6,9-10,20,23-24H,7-8,11H2,1-2H3,(H2,22,25)/t20-/m1/s1. The third kappa shape index (κ3) is 3.25. The lowest BCUT2D eigenvalue weighted by atomic mass is 9.94. The molecule has 7 nitrogen and oxygen atoms in total. The molecule has 0 bridgehead atoms. The molecule has 28 heavy (non-hydrogen) atoms. The number of primary amides is 1. The van der Waals surface area contributed by atoms with Crippen molar-refractivity contribution in [1.82, 2.24) is 10.3 Å². The second kappa shape index (κ2) is 7.44. The number of rotatable bonds is 6. The molecule has 0 aliphatic carbocycles. The van der Waals surface area contributed by atoms with Crippen molar-refractivity contribution in [3.63, 3.8) is 0 Å². The zero-order valence-corrected chi connectivity index (χ0v) is 15.9. The maximum absolute atomic E-state index is 11.0. The third-order valence-electron chi connectivity index (χ3n) is 5.05. The first kappa shape index (κ1) is 18.2. The quantitative estimate of drug-likeness (QED) is 0.608. The van der Waals surface area contributed by atoms with Gasteiger partial charge in [0.2, 0.25) is 0 Å². The first-order valence-corrected chi connectivity index (χ1v) is 9.11. The van der Waals surface area contributed by atoms with Gasteiger partial charge in [-0.3, -0.25) is 4.79 Å². The topological polar surface area (TPSA) is 98.6 Å². The van der Waals surface area contributed by atoms with Gasteiger partial charge >= 0.3 is 0 Å². The summed E-state index contributed by atoms with van der Waals surface area (Å²) in [6, 6.07) is 11.8. The van der Waals surface area contributed by atoms with E-state index in [0.29, 0.717) is 11.5 Å². The Balaban J connectivity index is 1.72. The van der Waals surface area contributed by atoms with Crippen LogP contribution in [0.4, 0.5) is 0 Å². The molecule has 1 amide bonds. The van der Waals surface area contributed by atoms with Gasteiger partial charge < -0.3 is 30.2 Å². The van der Waals surface area contributed by atoms with Crippen LogP contribution in [0.15, 0.2) is 36.4 Å². The largest absolute Gasteiger partial charge is 0.497 e. The first-order chi connectivity index (χ1) is 13.6. The highest BCUT2D eigenvalue weighted by Crippen LogP contribution is 2.37. The molecule has 0 unspecified atom stereocenters. The first-order valence-electron chi connectivity index (χ1n) is 9.11. The molecule has 1 aliphatic rings. The van der Waals surface area contributed by atoms with Crippen molar-refractivity contribution in [3.05, 3.63) is 53.2 Å². The lowest BCUT2D eigenvalue weighted by Gasteiger charge is -2.25. The van der Waals surface area contributed by atoms with E-state index in [1.165, 1.54) is 10.9 Å². The molecule has 1 aromatic heterocycles. The smallest absolute Gasteiger partial charge is 0.255 e. The number of fused-ring (bicyclic) bond motifs is 3. The van der Waals surface area contributed by atoms with E-state index in [-0.39, 0.29) is 12.6 Å². The third-order valence-corrected chi connectivity index (χ3v) is 5.05. The summed E-state index contributed by atoms with van der Waals surface area (Å²) >= 11 is 0. The number of carbonyl (C=O) groups is 1. The summed E-state index contributed by atoms with van der Waals surface area (Å²) in [4.78, 5) is 14.5. The summed E-state index contributed by atoms with van der Waals surface area (Å²) in [5.74, 6) is 1.37. The fourth-order valence-electron chi connectivity index (χ4n) is 3.75. The molecule has 7 heteroatoms. The van der Waals surface area contributed by atoms with Gasteiger partial charge in [-0.1, -0.05) is 6.07 Å². The fraction of sp³-hybridized carbons (Fsp3) is 0.286. The zero-order valence-electron chi connectivity index (χ0n) is 15.9. The molecule has 2 heterocycles. The van der Waals surface area contributed by atoms with E-state index < -0.39 is 5.91 Å². The monoisotopic (exact) mass is 381 g/mol. The van der Waals surface area contributed by atoms with Crippen molar-refractivity contribution in [3.8, 4) is 17.2 Å². The molecule has 0 spiro atoms. The van der Waals surface area contributed by atoms with Gasteiger partial charge in [-0.15, -0.1) is 0 Å². The van der Waals surface area contributed by atoms with E-state index in [1.54, 1.807) is 20.3 Å². The number of carbonyl (C=O) groups excluding carboxylic acids is 1. The van der Waals surface area contributed by atoms with Crippen molar-refractivity contribution >= 4 is 16.8 Å². The van der Waals surface area contributed by atoms with Gasteiger partial charge in [0, 0.05) is 23.1 Å². The molecular weight excluding hydrogens is 358 g/mol.